The second-order valence-corrected chi connectivity index (χ2v) is 3.57. The third-order valence-corrected chi connectivity index (χ3v) is 2.56. The van der Waals surface area contributed by atoms with E-state index in [1.807, 2.05) is 11.6 Å². The van der Waals surface area contributed by atoms with Crippen molar-refractivity contribution in [3.8, 4) is 0 Å². The maximum absolute atomic E-state index is 10.8. The van der Waals surface area contributed by atoms with Gasteiger partial charge >= 0.3 is 5.97 Å². The first-order valence-corrected chi connectivity index (χ1v) is 4.93. The molecule has 16 heavy (non-hydrogen) atoms. The molecule has 84 valence electrons. The highest BCUT2D eigenvalue weighted by Gasteiger charge is 2.10. The topological polar surface area (TPSA) is 75.3 Å². The molecule has 2 N–H and O–H groups in total. The predicted molar refractivity (Wildman–Crippen MR) is 58.5 cm³/mol. The molecule has 0 unspecified atom stereocenters. The lowest BCUT2D eigenvalue weighted by atomic mass is 10.2. The quantitative estimate of drug-likeness (QED) is 0.802. The summed E-state index contributed by atoms with van der Waals surface area (Å²) in [7, 11) is 1.85. The van der Waals surface area contributed by atoms with Gasteiger partial charge in [0.05, 0.1) is 23.2 Å². The molecule has 0 aliphatic rings. The Morgan fingerprint density at radius 1 is 1.50 bits per heavy atom. The number of hydrogen-bond acceptors (Lipinski definition) is 3. The van der Waals surface area contributed by atoms with E-state index in [0.717, 1.165) is 11.3 Å². The maximum atomic E-state index is 10.8. The summed E-state index contributed by atoms with van der Waals surface area (Å²) in [5.41, 5.74) is 1.74. The number of carbonyl (C=O) groups is 1. The van der Waals surface area contributed by atoms with Crippen molar-refractivity contribution in [2.75, 3.05) is 6.61 Å². The van der Waals surface area contributed by atoms with E-state index < -0.39 is 5.97 Å². The zero-order valence-corrected chi connectivity index (χ0v) is 8.84. The fraction of sp³-hybridized carbons (Fsp3) is 0.273. The molecule has 0 bridgehead atoms. The van der Waals surface area contributed by atoms with E-state index >= 15 is 0 Å². The SMILES string of the molecule is Cn1c(CCO)nc2cc(C(=O)O)ccc21. The van der Waals surface area contributed by atoms with E-state index in [-0.39, 0.29) is 12.2 Å². The van der Waals surface area contributed by atoms with E-state index in [2.05, 4.69) is 4.98 Å². The summed E-state index contributed by atoms with van der Waals surface area (Å²) in [5, 5.41) is 17.7. The summed E-state index contributed by atoms with van der Waals surface area (Å²) < 4.78 is 1.86. The van der Waals surface area contributed by atoms with Gasteiger partial charge in [-0.2, -0.15) is 0 Å². The second-order valence-electron chi connectivity index (χ2n) is 3.57. The molecule has 2 rings (SSSR count). The Labute approximate surface area is 92.0 Å². The van der Waals surface area contributed by atoms with Crippen LogP contribution in [-0.2, 0) is 13.5 Å². The molecule has 0 saturated carbocycles. The number of aromatic carboxylic acids is 1. The summed E-state index contributed by atoms with van der Waals surface area (Å²) in [4.78, 5) is 15.1. The van der Waals surface area contributed by atoms with Gasteiger partial charge in [-0.3, -0.25) is 0 Å². The van der Waals surface area contributed by atoms with Gasteiger partial charge in [0.25, 0.3) is 0 Å². The first-order valence-electron chi connectivity index (χ1n) is 4.93. The van der Waals surface area contributed by atoms with Gasteiger partial charge in [0.2, 0.25) is 0 Å². The Kier molecular flexibility index (Phi) is 2.62. The molecular weight excluding hydrogens is 208 g/mol. The van der Waals surface area contributed by atoms with Gasteiger partial charge in [0.15, 0.2) is 0 Å². The molecule has 5 heteroatoms. The number of aliphatic hydroxyl groups excluding tert-OH is 1. The largest absolute Gasteiger partial charge is 0.478 e. The molecular formula is C11H12N2O3. The number of aromatic nitrogens is 2. The molecule has 0 atom stereocenters. The zero-order valence-electron chi connectivity index (χ0n) is 8.84. The number of imidazole rings is 1. The minimum absolute atomic E-state index is 0.0307. The number of carboxylic acid groups (broad SMARTS) is 1. The van der Waals surface area contributed by atoms with Crippen molar-refractivity contribution in [2.24, 2.45) is 7.05 Å². The van der Waals surface area contributed by atoms with Gasteiger partial charge in [0.1, 0.15) is 5.82 Å². The van der Waals surface area contributed by atoms with Gasteiger partial charge < -0.3 is 14.8 Å². The van der Waals surface area contributed by atoms with E-state index in [4.69, 9.17) is 10.2 Å². The maximum Gasteiger partial charge on any atom is 0.335 e. The number of hydrogen-bond donors (Lipinski definition) is 2. The minimum Gasteiger partial charge on any atom is -0.478 e. The molecule has 1 aromatic heterocycles. The highest BCUT2D eigenvalue weighted by molar-refractivity contribution is 5.92. The Morgan fingerprint density at radius 2 is 2.25 bits per heavy atom. The Bertz CT molecular complexity index is 545. The lowest BCUT2D eigenvalue weighted by Crippen LogP contribution is -2.00. The number of benzene rings is 1. The predicted octanol–water partition coefficient (Wildman–Crippen LogP) is 0.806. The molecule has 5 nitrogen and oxygen atoms in total. The normalized spacial score (nSPS) is 10.9. The fourth-order valence-electron chi connectivity index (χ4n) is 1.71. The summed E-state index contributed by atoms with van der Waals surface area (Å²) in [5.74, 6) is -0.212. The average Bonchev–Trinajstić information content (AvgIpc) is 2.56. The van der Waals surface area contributed by atoms with Gasteiger partial charge in [0, 0.05) is 13.5 Å². The summed E-state index contributed by atoms with van der Waals surface area (Å²) in [6.45, 7) is 0.0307. The van der Waals surface area contributed by atoms with Crippen molar-refractivity contribution in [3.05, 3.63) is 29.6 Å². The van der Waals surface area contributed by atoms with E-state index in [9.17, 15) is 4.79 Å². The van der Waals surface area contributed by atoms with Crippen LogP contribution in [0.5, 0.6) is 0 Å². The first kappa shape index (κ1) is 10.6. The van der Waals surface area contributed by atoms with E-state index in [1.165, 1.54) is 0 Å². The van der Waals surface area contributed by atoms with E-state index in [1.54, 1.807) is 18.2 Å². The highest BCUT2D eigenvalue weighted by atomic mass is 16.4. The zero-order chi connectivity index (χ0) is 11.7. The number of nitrogens with zero attached hydrogens (tertiary/aromatic N) is 2. The Morgan fingerprint density at radius 3 is 2.88 bits per heavy atom. The van der Waals surface area contributed by atoms with Crippen molar-refractivity contribution in [2.45, 2.75) is 6.42 Å². The van der Waals surface area contributed by atoms with Crippen LogP contribution < -0.4 is 0 Å². The second kappa shape index (κ2) is 3.94. The lowest BCUT2D eigenvalue weighted by molar-refractivity contribution is 0.0697. The number of rotatable bonds is 3. The van der Waals surface area contributed by atoms with Crippen molar-refractivity contribution < 1.29 is 15.0 Å². The molecule has 0 fully saturated rings. The summed E-state index contributed by atoms with van der Waals surface area (Å²) >= 11 is 0. The van der Waals surface area contributed by atoms with Crippen molar-refractivity contribution in [1.29, 1.82) is 0 Å². The molecule has 0 spiro atoms. The van der Waals surface area contributed by atoms with Gasteiger partial charge in [-0.15, -0.1) is 0 Å². The van der Waals surface area contributed by atoms with Crippen LogP contribution in [0.15, 0.2) is 18.2 Å². The van der Waals surface area contributed by atoms with Crippen LogP contribution in [0.2, 0.25) is 0 Å². The van der Waals surface area contributed by atoms with Crippen molar-refractivity contribution >= 4 is 17.0 Å². The monoisotopic (exact) mass is 220 g/mol. The number of aryl methyl sites for hydroxylation is 1. The van der Waals surface area contributed by atoms with Gasteiger partial charge in [-0.1, -0.05) is 0 Å². The molecule has 0 aliphatic heterocycles. The van der Waals surface area contributed by atoms with Crippen LogP contribution in [0.1, 0.15) is 16.2 Å². The molecule has 1 aromatic carbocycles. The third-order valence-electron chi connectivity index (χ3n) is 2.56. The minimum atomic E-state index is -0.962. The van der Waals surface area contributed by atoms with Gasteiger partial charge in [-0.25, -0.2) is 9.78 Å². The molecule has 0 amide bonds. The number of carboxylic acids is 1. The summed E-state index contributed by atoms with van der Waals surface area (Å²) in [6, 6.07) is 4.82. The van der Waals surface area contributed by atoms with E-state index in [0.29, 0.717) is 11.9 Å². The standard InChI is InChI=1S/C11H12N2O3/c1-13-9-3-2-7(11(15)16)6-8(9)12-10(13)4-5-14/h2-3,6,14H,4-5H2,1H3,(H,15,16). The van der Waals surface area contributed by atoms with Crippen LogP contribution in [0.3, 0.4) is 0 Å². The average molecular weight is 220 g/mol. The van der Waals surface area contributed by atoms with Crippen LogP contribution in [0.4, 0.5) is 0 Å². The van der Waals surface area contributed by atoms with Crippen molar-refractivity contribution in [1.82, 2.24) is 9.55 Å². The molecule has 1 heterocycles. The number of fused-ring (bicyclic) bond motifs is 1. The fourth-order valence-corrected chi connectivity index (χ4v) is 1.71. The van der Waals surface area contributed by atoms with Crippen molar-refractivity contribution in [3.63, 3.8) is 0 Å². The lowest BCUT2D eigenvalue weighted by Gasteiger charge is -1.99. The highest BCUT2D eigenvalue weighted by Crippen LogP contribution is 2.17. The van der Waals surface area contributed by atoms with Crippen LogP contribution in [0.25, 0.3) is 11.0 Å². The Hall–Kier alpha value is -1.88. The molecule has 0 saturated heterocycles. The third kappa shape index (κ3) is 1.65. The van der Waals surface area contributed by atoms with Crippen LogP contribution in [-0.4, -0.2) is 32.3 Å². The number of aliphatic hydroxyl groups is 1. The first-order chi connectivity index (χ1) is 7.63. The molecule has 2 aromatic rings. The smallest absolute Gasteiger partial charge is 0.335 e. The summed E-state index contributed by atoms with van der Waals surface area (Å²) in [6.07, 6.45) is 0.466. The van der Waals surface area contributed by atoms with Gasteiger partial charge in [-0.05, 0) is 18.2 Å². The van der Waals surface area contributed by atoms with Crippen LogP contribution in [0, 0.1) is 0 Å². The van der Waals surface area contributed by atoms with Crippen LogP contribution >= 0.6 is 0 Å². The molecule has 0 radical (unpaired) electrons. The molecule has 0 aliphatic carbocycles. The Balaban J connectivity index is 2.58.